The average molecular weight is 223 g/mol. The maximum absolute atomic E-state index is 6.14. The third-order valence-corrected chi connectivity index (χ3v) is 3.02. The highest BCUT2D eigenvalue weighted by atomic mass is 35.5. The molecule has 0 aliphatic heterocycles. The normalized spacial score (nSPS) is 11.1. The molecule has 0 radical (unpaired) electrons. The SMILES string of the molecule is Cc1cc2c(Cl)cccc2n1CCCN. The zero-order chi connectivity index (χ0) is 10.8. The number of hydrogen-bond acceptors (Lipinski definition) is 1. The Morgan fingerprint density at radius 1 is 1.40 bits per heavy atom. The number of aryl methyl sites for hydroxylation is 2. The lowest BCUT2D eigenvalue weighted by Crippen LogP contribution is -2.06. The first-order chi connectivity index (χ1) is 7.24. The summed E-state index contributed by atoms with van der Waals surface area (Å²) in [6, 6.07) is 8.15. The van der Waals surface area contributed by atoms with Crippen molar-refractivity contribution in [2.24, 2.45) is 5.73 Å². The molecule has 0 aliphatic rings. The lowest BCUT2D eigenvalue weighted by Gasteiger charge is -2.06. The van der Waals surface area contributed by atoms with Crippen molar-refractivity contribution in [3.63, 3.8) is 0 Å². The third kappa shape index (κ3) is 1.87. The number of fused-ring (bicyclic) bond motifs is 1. The first kappa shape index (κ1) is 10.5. The highest BCUT2D eigenvalue weighted by Crippen LogP contribution is 2.26. The van der Waals surface area contributed by atoms with Crippen molar-refractivity contribution < 1.29 is 0 Å². The minimum Gasteiger partial charge on any atom is -0.345 e. The molecular formula is C12H15ClN2. The second kappa shape index (κ2) is 4.25. The molecule has 1 aromatic heterocycles. The Hall–Kier alpha value is -0.990. The summed E-state index contributed by atoms with van der Waals surface area (Å²) in [5.41, 5.74) is 7.97. The summed E-state index contributed by atoms with van der Waals surface area (Å²) in [5, 5.41) is 1.95. The second-order valence-corrected chi connectivity index (χ2v) is 4.16. The number of hydrogen-bond donors (Lipinski definition) is 1. The molecule has 2 nitrogen and oxygen atoms in total. The van der Waals surface area contributed by atoms with Gasteiger partial charge >= 0.3 is 0 Å². The van der Waals surface area contributed by atoms with Crippen molar-refractivity contribution in [2.45, 2.75) is 19.9 Å². The monoisotopic (exact) mass is 222 g/mol. The number of nitrogens with zero attached hydrogens (tertiary/aromatic N) is 1. The number of rotatable bonds is 3. The van der Waals surface area contributed by atoms with E-state index in [0.717, 1.165) is 29.9 Å². The van der Waals surface area contributed by atoms with Crippen LogP contribution in [0.1, 0.15) is 12.1 Å². The van der Waals surface area contributed by atoms with Crippen molar-refractivity contribution in [1.29, 1.82) is 0 Å². The Bertz CT molecular complexity index is 474. The molecular weight excluding hydrogens is 208 g/mol. The molecule has 0 saturated carbocycles. The summed E-state index contributed by atoms with van der Waals surface area (Å²) in [4.78, 5) is 0. The Labute approximate surface area is 94.6 Å². The molecule has 15 heavy (non-hydrogen) atoms. The fourth-order valence-corrected chi connectivity index (χ4v) is 2.15. The Balaban J connectivity index is 2.53. The number of benzene rings is 1. The molecule has 0 bridgehead atoms. The van der Waals surface area contributed by atoms with Gasteiger partial charge in [0, 0.05) is 28.2 Å². The lowest BCUT2D eigenvalue weighted by molar-refractivity contribution is 0.657. The predicted molar refractivity (Wildman–Crippen MR) is 65.4 cm³/mol. The summed E-state index contributed by atoms with van der Waals surface area (Å²) >= 11 is 6.14. The molecule has 3 heteroatoms. The molecule has 2 N–H and O–H groups in total. The smallest absolute Gasteiger partial charge is 0.0499 e. The summed E-state index contributed by atoms with van der Waals surface area (Å²) < 4.78 is 2.27. The minimum absolute atomic E-state index is 0.722. The molecule has 0 unspecified atom stereocenters. The molecule has 0 amide bonds. The van der Waals surface area contributed by atoms with Crippen molar-refractivity contribution in [3.05, 3.63) is 35.0 Å². The summed E-state index contributed by atoms with van der Waals surface area (Å²) in [7, 11) is 0. The minimum atomic E-state index is 0.722. The zero-order valence-electron chi connectivity index (χ0n) is 8.83. The van der Waals surface area contributed by atoms with Gasteiger partial charge in [-0.1, -0.05) is 17.7 Å². The van der Waals surface area contributed by atoms with Crippen molar-refractivity contribution in [2.75, 3.05) is 6.54 Å². The van der Waals surface area contributed by atoms with Crippen LogP contribution < -0.4 is 5.73 Å². The van der Waals surface area contributed by atoms with Crippen molar-refractivity contribution in [1.82, 2.24) is 4.57 Å². The summed E-state index contributed by atoms with van der Waals surface area (Å²) in [6.45, 7) is 3.79. The molecule has 80 valence electrons. The van der Waals surface area contributed by atoms with Crippen LogP contribution in [-0.4, -0.2) is 11.1 Å². The van der Waals surface area contributed by atoms with E-state index in [-0.39, 0.29) is 0 Å². The van der Waals surface area contributed by atoms with Crippen LogP contribution >= 0.6 is 11.6 Å². The molecule has 1 heterocycles. The van der Waals surface area contributed by atoms with Crippen LogP contribution in [0.5, 0.6) is 0 Å². The molecule has 2 rings (SSSR count). The van der Waals surface area contributed by atoms with Gasteiger partial charge in [-0.15, -0.1) is 0 Å². The van der Waals surface area contributed by atoms with Gasteiger partial charge in [0.1, 0.15) is 0 Å². The molecule has 0 fully saturated rings. The zero-order valence-corrected chi connectivity index (χ0v) is 9.59. The van der Waals surface area contributed by atoms with E-state index < -0.39 is 0 Å². The lowest BCUT2D eigenvalue weighted by atomic mass is 10.2. The van der Waals surface area contributed by atoms with Crippen molar-refractivity contribution in [3.8, 4) is 0 Å². The molecule has 0 spiro atoms. The van der Waals surface area contributed by atoms with E-state index in [1.807, 2.05) is 12.1 Å². The second-order valence-electron chi connectivity index (χ2n) is 3.75. The van der Waals surface area contributed by atoms with E-state index >= 15 is 0 Å². The number of nitrogens with two attached hydrogens (primary N) is 1. The van der Waals surface area contributed by atoms with Crippen LogP contribution in [-0.2, 0) is 6.54 Å². The highest BCUT2D eigenvalue weighted by molar-refractivity contribution is 6.35. The van der Waals surface area contributed by atoms with E-state index in [1.165, 1.54) is 11.2 Å². The van der Waals surface area contributed by atoms with Crippen molar-refractivity contribution >= 4 is 22.5 Å². The molecule has 0 atom stereocenters. The Morgan fingerprint density at radius 2 is 2.20 bits per heavy atom. The highest BCUT2D eigenvalue weighted by Gasteiger charge is 2.06. The average Bonchev–Trinajstić information content (AvgIpc) is 2.54. The van der Waals surface area contributed by atoms with E-state index in [2.05, 4.69) is 23.6 Å². The maximum Gasteiger partial charge on any atom is 0.0499 e. The van der Waals surface area contributed by atoms with E-state index in [0.29, 0.717) is 0 Å². The number of aromatic nitrogens is 1. The van der Waals surface area contributed by atoms with Gasteiger partial charge in [-0.25, -0.2) is 0 Å². The van der Waals surface area contributed by atoms with Crippen LogP contribution in [0.4, 0.5) is 0 Å². The van der Waals surface area contributed by atoms with E-state index in [1.54, 1.807) is 0 Å². The number of halogens is 1. The summed E-state index contributed by atoms with van der Waals surface area (Å²) in [6.07, 6.45) is 0.997. The van der Waals surface area contributed by atoms with Gasteiger partial charge in [-0.05, 0) is 38.1 Å². The van der Waals surface area contributed by atoms with Gasteiger partial charge in [0.2, 0.25) is 0 Å². The largest absolute Gasteiger partial charge is 0.345 e. The molecule has 0 saturated heterocycles. The van der Waals surface area contributed by atoms with Gasteiger partial charge in [0.15, 0.2) is 0 Å². The van der Waals surface area contributed by atoms with Crippen LogP contribution in [0.3, 0.4) is 0 Å². The topological polar surface area (TPSA) is 30.9 Å². The first-order valence-electron chi connectivity index (χ1n) is 5.18. The standard InChI is InChI=1S/C12H15ClN2/c1-9-8-10-11(13)4-2-5-12(10)15(9)7-3-6-14/h2,4-5,8H,3,6-7,14H2,1H3. The van der Waals surface area contributed by atoms with Gasteiger partial charge < -0.3 is 10.3 Å². The Morgan fingerprint density at radius 3 is 2.93 bits per heavy atom. The maximum atomic E-state index is 6.14. The van der Waals surface area contributed by atoms with Gasteiger partial charge in [0.05, 0.1) is 0 Å². The molecule has 1 aromatic carbocycles. The van der Waals surface area contributed by atoms with Crippen LogP contribution in [0.15, 0.2) is 24.3 Å². The predicted octanol–water partition coefficient (Wildman–Crippen LogP) is 2.95. The fraction of sp³-hybridized carbons (Fsp3) is 0.333. The summed E-state index contributed by atoms with van der Waals surface area (Å²) in [5.74, 6) is 0. The van der Waals surface area contributed by atoms with Crippen LogP contribution in [0.25, 0.3) is 10.9 Å². The van der Waals surface area contributed by atoms with Gasteiger partial charge in [-0.2, -0.15) is 0 Å². The third-order valence-electron chi connectivity index (χ3n) is 2.69. The molecule has 2 aromatic rings. The van der Waals surface area contributed by atoms with Crippen LogP contribution in [0, 0.1) is 6.92 Å². The Kier molecular flexibility index (Phi) is 2.98. The quantitative estimate of drug-likeness (QED) is 0.851. The van der Waals surface area contributed by atoms with Crippen LogP contribution in [0.2, 0.25) is 5.02 Å². The van der Waals surface area contributed by atoms with Gasteiger partial charge in [-0.3, -0.25) is 0 Å². The fourth-order valence-electron chi connectivity index (χ4n) is 1.93. The first-order valence-corrected chi connectivity index (χ1v) is 5.56. The molecule has 0 aliphatic carbocycles. The van der Waals surface area contributed by atoms with Gasteiger partial charge in [0.25, 0.3) is 0 Å². The van der Waals surface area contributed by atoms with E-state index in [4.69, 9.17) is 17.3 Å². The van der Waals surface area contributed by atoms with E-state index in [9.17, 15) is 0 Å².